The molecule has 0 fully saturated rings. The Morgan fingerprint density at radius 2 is 1.25 bits per heavy atom. The molecule has 0 aliphatic heterocycles. The smallest absolute Gasteiger partial charge is 0.294 e. The lowest BCUT2D eigenvalue weighted by Gasteiger charge is -2.20. The van der Waals surface area contributed by atoms with Crippen LogP contribution in [-0.2, 0) is 7.05 Å². The monoisotopic (exact) mass is 574 g/mol. The first-order valence-electron chi connectivity index (χ1n) is 15.7. The van der Waals surface area contributed by atoms with Crippen molar-refractivity contribution in [3.05, 3.63) is 138 Å². The van der Waals surface area contributed by atoms with Crippen molar-refractivity contribution in [3.8, 4) is 33.9 Å². The fraction of sp³-hybridized carbons (Fsp3) is 0.195. The summed E-state index contributed by atoms with van der Waals surface area (Å²) in [4.78, 5) is 0. The zero-order valence-electron chi connectivity index (χ0n) is 26.5. The van der Waals surface area contributed by atoms with Crippen molar-refractivity contribution in [2.75, 3.05) is 0 Å². The lowest BCUT2D eigenvalue weighted by molar-refractivity contribution is -0.659. The summed E-state index contributed by atoms with van der Waals surface area (Å²) in [5.74, 6) is 1.90. The summed E-state index contributed by atoms with van der Waals surface area (Å²) in [6.45, 7) is 11.5. The predicted molar refractivity (Wildman–Crippen MR) is 185 cm³/mol. The quantitative estimate of drug-likeness (QED) is 0.175. The van der Waals surface area contributed by atoms with E-state index in [1.165, 1.54) is 72.4 Å². The first-order valence-corrected chi connectivity index (χ1v) is 15.7. The summed E-state index contributed by atoms with van der Waals surface area (Å²) in [6.07, 6.45) is 4.42. The number of imidazole rings is 1. The molecule has 0 atom stereocenters. The second kappa shape index (κ2) is 11.0. The summed E-state index contributed by atoms with van der Waals surface area (Å²) in [6, 6.07) is 40.0. The van der Waals surface area contributed by atoms with E-state index >= 15 is 0 Å². The number of hydrogen-bond acceptors (Lipinski definition) is 0. The summed E-state index contributed by atoms with van der Waals surface area (Å²) in [5, 5.41) is 2.56. The fourth-order valence-corrected chi connectivity index (χ4v) is 6.81. The van der Waals surface area contributed by atoms with Crippen LogP contribution < -0.4 is 4.57 Å². The average Bonchev–Trinajstić information content (AvgIpc) is 3.58. The molecule has 0 N–H and O–H groups in total. The number of rotatable bonds is 6. The van der Waals surface area contributed by atoms with Crippen LogP contribution in [0.5, 0.6) is 0 Å². The number of aryl methyl sites for hydroxylation is 2. The van der Waals surface area contributed by atoms with Gasteiger partial charge < -0.3 is 4.57 Å². The van der Waals surface area contributed by atoms with Crippen LogP contribution in [0.15, 0.2) is 122 Å². The van der Waals surface area contributed by atoms with Gasteiger partial charge in [0, 0.05) is 27.6 Å². The Hall–Kier alpha value is -4.89. The summed E-state index contributed by atoms with van der Waals surface area (Å²) in [5.41, 5.74) is 12.7. The molecule has 0 amide bonds. The molecule has 2 heterocycles. The van der Waals surface area contributed by atoms with Gasteiger partial charge in [-0.05, 0) is 84.0 Å². The third-order valence-electron chi connectivity index (χ3n) is 9.06. The summed E-state index contributed by atoms with van der Waals surface area (Å²) in [7, 11) is 2.15. The van der Waals surface area contributed by atoms with Crippen molar-refractivity contribution in [1.29, 1.82) is 0 Å². The Kier molecular flexibility index (Phi) is 6.97. The normalized spacial score (nSPS) is 11.8. The zero-order valence-corrected chi connectivity index (χ0v) is 26.5. The van der Waals surface area contributed by atoms with Gasteiger partial charge in [0.15, 0.2) is 0 Å². The van der Waals surface area contributed by atoms with Crippen LogP contribution in [0.25, 0.3) is 55.7 Å². The molecular weight excluding hydrogens is 534 g/mol. The number of benzene rings is 5. The lowest BCUT2D eigenvalue weighted by atomic mass is 9.88. The van der Waals surface area contributed by atoms with Crippen LogP contribution in [0, 0.1) is 6.92 Å². The van der Waals surface area contributed by atoms with Crippen LogP contribution in [0.2, 0.25) is 0 Å². The van der Waals surface area contributed by atoms with Crippen molar-refractivity contribution >= 4 is 21.8 Å². The molecule has 0 aliphatic rings. The van der Waals surface area contributed by atoms with Crippen LogP contribution in [0.4, 0.5) is 0 Å². The SMILES string of the molecule is Cc1ccccc1-c1n(-c2c(C(C)C)cc(-c3ccc4c(c3)c3ccccc3n4-c3ccccc3)cc2C(C)C)cc[n+]1C. The molecular formula is C41H40N3+. The van der Waals surface area contributed by atoms with Crippen molar-refractivity contribution in [2.45, 2.75) is 46.5 Å². The van der Waals surface area contributed by atoms with Crippen molar-refractivity contribution in [2.24, 2.45) is 7.05 Å². The van der Waals surface area contributed by atoms with E-state index in [2.05, 4.69) is 177 Å². The highest BCUT2D eigenvalue weighted by Crippen LogP contribution is 2.40. The number of fused-ring (bicyclic) bond motifs is 3. The number of nitrogens with zero attached hydrogens (tertiary/aromatic N) is 3. The molecule has 0 unspecified atom stereocenters. The van der Waals surface area contributed by atoms with Crippen LogP contribution in [-0.4, -0.2) is 9.13 Å². The molecule has 0 saturated carbocycles. The van der Waals surface area contributed by atoms with Gasteiger partial charge in [-0.2, -0.15) is 4.57 Å². The van der Waals surface area contributed by atoms with E-state index in [0.717, 1.165) is 0 Å². The van der Waals surface area contributed by atoms with Crippen LogP contribution >= 0.6 is 0 Å². The highest BCUT2D eigenvalue weighted by Gasteiger charge is 2.28. The highest BCUT2D eigenvalue weighted by molar-refractivity contribution is 6.10. The van der Waals surface area contributed by atoms with Gasteiger partial charge in [-0.15, -0.1) is 0 Å². The predicted octanol–water partition coefficient (Wildman–Crippen LogP) is 10.3. The molecule has 2 aromatic heterocycles. The van der Waals surface area contributed by atoms with E-state index in [-0.39, 0.29) is 0 Å². The minimum absolute atomic E-state index is 0.351. The maximum atomic E-state index is 2.44. The van der Waals surface area contributed by atoms with Crippen molar-refractivity contribution < 1.29 is 4.57 Å². The Balaban J connectivity index is 1.46. The van der Waals surface area contributed by atoms with Gasteiger partial charge in [-0.1, -0.05) is 88.4 Å². The summed E-state index contributed by atoms with van der Waals surface area (Å²) < 4.78 is 7.06. The maximum Gasteiger partial charge on any atom is 0.294 e. The van der Waals surface area contributed by atoms with Crippen molar-refractivity contribution in [3.63, 3.8) is 0 Å². The Bertz CT molecular complexity index is 2110. The average molecular weight is 575 g/mol. The first-order chi connectivity index (χ1) is 21.3. The lowest BCUT2D eigenvalue weighted by Crippen LogP contribution is -2.29. The Labute approximate surface area is 260 Å². The topological polar surface area (TPSA) is 13.7 Å². The van der Waals surface area contributed by atoms with Gasteiger partial charge in [0.25, 0.3) is 5.82 Å². The van der Waals surface area contributed by atoms with Gasteiger partial charge in [-0.3, -0.25) is 0 Å². The molecule has 5 aromatic carbocycles. The maximum absolute atomic E-state index is 2.44. The second-order valence-corrected chi connectivity index (χ2v) is 12.7. The molecule has 7 aromatic rings. The zero-order chi connectivity index (χ0) is 30.5. The number of para-hydroxylation sites is 2. The standard InChI is InChI=1S/C41H40N3/c1-27(2)35-25-31(26-36(28(3)4)40(35)43-23-22-42(6)41(43)33-17-11-10-14-29(33)5)30-20-21-39-37(24-30)34-18-12-13-19-38(34)44(39)32-15-8-7-9-16-32/h7-28H,1-6H3/q+1. The Morgan fingerprint density at radius 1 is 0.614 bits per heavy atom. The molecule has 7 rings (SSSR count). The third kappa shape index (κ3) is 4.55. The second-order valence-electron chi connectivity index (χ2n) is 12.7. The van der Waals surface area contributed by atoms with E-state index in [1.807, 2.05) is 0 Å². The van der Waals surface area contributed by atoms with Gasteiger partial charge in [0.1, 0.15) is 18.1 Å². The molecule has 44 heavy (non-hydrogen) atoms. The van der Waals surface area contributed by atoms with Gasteiger partial charge in [-0.25, -0.2) is 4.57 Å². The van der Waals surface area contributed by atoms with E-state index in [0.29, 0.717) is 11.8 Å². The van der Waals surface area contributed by atoms with E-state index < -0.39 is 0 Å². The molecule has 0 saturated heterocycles. The Morgan fingerprint density at radius 3 is 1.95 bits per heavy atom. The van der Waals surface area contributed by atoms with Crippen LogP contribution in [0.1, 0.15) is 56.2 Å². The van der Waals surface area contributed by atoms with E-state index in [4.69, 9.17) is 0 Å². The van der Waals surface area contributed by atoms with E-state index in [1.54, 1.807) is 0 Å². The molecule has 0 spiro atoms. The molecule has 0 radical (unpaired) electrons. The van der Waals surface area contributed by atoms with E-state index in [9.17, 15) is 0 Å². The molecule has 0 bridgehead atoms. The first kappa shape index (κ1) is 27.9. The van der Waals surface area contributed by atoms with Gasteiger partial charge in [0.2, 0.25) is 0 Å². The van der Waals surface area contributed by atoms with Gasteiger partial charge in [0.05, 0.1) is 23.6 Å². The fourth-order valence-electron chi connectivity index (χ4n) is 6.81. The molecule has 0 aliphatic carbocycles. The summed E-state index contributed by atoms with van der Waals surface area (Å²) >= 11 is 0. The highest BCUT2D eigenvalue weighted by atomic mass is 15.1. The van der Waals surface area contributed by atoms with Crippen LogP contribution in [0.3, 0.4) is 0 Å². The molecule has 3 heteroatoms. The third-order valence-corrected chi connectivity index (χ3v) is 9.06. The minimum atomic E-state index is 0.351. The largest absolute Gasteiger partial charge is 0.309 e. The van der Waals surface area contributed by atoms with Crippen molar-refractivity contribution in [1.82, 2.24) is 9.13 Å². The number of hydrogen-bond donors (Lipinski definition) is 0. The molecule has 218 valence electrons. The number of aromatic nitrogens is 3. The molecule has 3 nitrogen and oxygen atoms in total. The minimum Gasteiger partial charge on any atom is -0.309 e. The van der Waals surface area contributed by atoms with Gasteiger partial charge >= 0.3 is 0 Å².